The van der Waals surface area contributed by atoms with Crippen LogP contribution in [0.5, 0.6) is 0 Å². The summed E-state index contributed by atoms with van der Waals surface area (Å²) < 4.78 is 1.08. The Labute approximate surface area is 132 Å². The summed E-state index contributed by atoms with van der Waals surface area (Å²) in [4.78, 5) is 9.02. The van der Waals surface area contributed by atoms with E-state index in [0.717, 1.165) is 41.1 Å². The number of nitrogen functional groups attached to an aromatic ring is 1. The van der Waals surface area contributed by atoms with E-state index in [4.69, 9.17) is 5.84 Å². The highest BCUT2D eigenvalue weighted by Crippen LogP contribution is 2.39. The molecule has 0 amide bonds. The van der Waals surface area contributed by atoms with E-state index in [1.807, 2.05) is 12.1 Å². The number of rotatable bonds is 5. The highest BCUT2D eigenvalue weighted by atomic mass is 79.9. The van der Waals surface area contributed by atoms with Crippen LogP contribution in [0.2, 0.25) is 0 Å². The number of aromatic nitrogens is 2. The molecule has 1 aliphatic rings. The Bertz CT molecular complexity index is 655. The van der Waals surface area contributed by atoms with Crippen molar-refractivity contribution in [3.05, 3.63) is 40.1 Å². The van der Waals surface area contributed by atoms with Crippen LogP contribution in [-0.4, -0.2) is 9.97 Å². The fourth-order valence-corrected chi connectivity index (χ4v) is 2.65. The molecule has 4 N–H and O–H groups in total. The van der Waals surface area contributed by atoms with Gasteiger partial charge in [-0.2, -0.15) is 0 Å². The molecule has 0 aliphatic heterocycles. The van der Waals surface area contributed by atoms with E-state index in [-0.39, 0.29) is 0 Å². The van der Waals surface area contributed by atoms with Crippen molar-refractivity contribution in [1.29, 1.82) is 0 Å². The molecule has 0 radical (unpaired) electrons. The maximum Gasteiger partial charge on any atom is 0.145 e. The lowest BCUT2D eigenvalue weighted by Gasteiger charge is -2.13. The van der Waals surface area contributed by atoms with E-state index in [1.54, 1.807) is 0 Å². The molecular weight excluding hydrogens is 330 g/mol. The van der Waals surface area contributed by atoms with Crippen molar-refractivity contribution in [3.63, 3.8) is 0 Å². The van der Waals surface area contributed by atoms with Crippen LogP contribution >= 0.6 is 15.9 Å². The van der Waals surface area contributed by atoms with Crippen LogP contribution < -0.4 is 16.6 Å². The topological polar surface area (TPSA) is 75.9 Å². The second-order valence-electron chi connectivity index (χ2n) is 5.20. The first-order valence-corrected chi connectivity index (χ1v) is 7.90. The number of hydrogen-bond acceptors (Lipinski definition) is 5. The summed E-state index contributed by atoms with van der Waals surface area (Å²) in [6.07, 6.45) is 3.27. The van der Waals surface area contributed by atoms with Gasteiger partial charge < -0.3 is 10.7 Å². The maximum atomic E-state index is 5.50. The van der Waals surface area contributed by atoms with Gasteiger partial charge in [0.2, 0.25) is 0 Å². The second kappa shape index (κ2) is 5.99. The van der Waals surface area contributed by atoms with Crippen LogP contribution in [0.4, 0.5) is 17.3 Å². The fourth-order valence-electron chi connectivity index (χ4n) is 2.24. The van der Waals surface area contributed by atoms with Crippen molar-refractivity contribution in [3.8, 4) is 0 Å². The average Bonchev–Trinajstić information content (AvgIpc) is 3.33. The first-order chi connectivity index (χ1) is 10.2. The van der Waals surface area contributed by atoms with Gasteiger partial charge in [0.1, 0.15) is 17.5 Å². The minimum absolute atomic E-state index is 0.481. The predicted octanol–water partition coefficient (Wildman–Crippen LogP) is 3.71. The van der Waals surface area contributed by atoms with Crippen LogP contribution in [-0.2, 0) is 6.42 Å². The van der Waals surface area contributed by atoms with Crippen molar-refractivity contribution in [2.45, 2.75) is 32.1 Å². The van der Waals surface area contributed by atoms with E-state index in [2.05, 4.69) is 55.7 Å². The molecular formula is C15H18BrN5. The van der Waals surface area contributed by atoms with Crippen molar-refractivity contribution in [2.75, 3.05) is 10.7 Å². The van der Waals surface area contributed by atoms with E-state index in [0.29, 0.717) is 11.7 Å². The minimum Gasteiger partial charge on any atom is -0.340 e. The van der Waals surface area contributed by atoms with Gasteiger partial charge in [-0.25, -0.2) is 15.8 Å². The molecule has 1 fully saturated rings. The van der Waals surface area contributed by atoms with Gasteiger partial charge in [-0.15, -0.1) is 0 Å². The predicted molar refractivity (Wildman–Crippen MR) is 88.6 cm³/mol. The van der Waals surface area contributed by atoms with E-state index >= 15 is 0 Å². The first-order valence-electron chi connectivity index (χ1n) is 7.10. The fraction of sp³-hybridized carbons (Fsp3) is 0.333. The number of benzene rings is 1. The Morgan fingerprint density at radius 1 is 1.24 bits per heavy atom. The molecule has 0 spiro atoms. The van der Waals surface area contributed by atoms with E-state index in [1.165, 1.54) is 5.56 Å². The molecule has 0 atom stereocenters. The minimum atomic E-state index is 0.481. The molecule has 0 saturated heterocycles. The lowest BCUT2D eigenvalue weighted by Crippen LogP contribution is -2.11. The summed E-state index contributed by atoms with van der Waals surface area (Å²) >= 11 is 3.50. The Balaban J connectivity index is 1.92. The third-order valence-corrected chi connectivity index (χ3v) is 4.04. The number of nitrogens with one attached hydrogen (secondary N) is 2. The van der Waals surface area contributed by atoms with Crippen LogP contribution in [0.1, 0.15) is 37.1 Å². The van der Waals surface area contributed by atoms with Gasteiger partial charge in [-0.1, -0.05) is 22.9 Å². The molecule has 0 bridgehead atoms. The highest BCUT2D eigenvalue weighted by Gasteiger charge is 2.27. The summed E-state index contributed by atoms with van der Waals surface area (Å²) in [6.45, 7) is 2.13. The molecule has 2 aromatic rings. The Morgan fingerprint density at radius 2 is 2.00 bits per heavy atom. The van der Waals surface area contributed by atoms with E-state index < -0.39 is 0 Å². The normalized spacial score (nSPS) is 14.0. The Morgan fingerprint density at radius 3 is 2.67 bits per heavy atom. The average molecular weight is 348 g/mol. The van der Waals surface area contributed by atoms with Gasteiger partial charge in [0.25, 0.3) is 0 Å². The number of nitrogens with two attached hydrogens (primary N) is 1. The van der Waals surface area contributed by atoms with Crippen LogP contribution in [0.15, 0.2) is 28.7 Å². The lowest BCUT2D eigenvalue weighted by atomic mass is 10.1. The Kier molecular flexibility index (Phi) is 4.07. The standard InChI is InChI=1S/C15H18BrN5/c1-2-9-7-11(16)5-6-12(9)18-13-8-14(21-17)20-15(19-13)10-3-4-10/h5-8,10H,2-4,17H2,1H3,(H2,18,19,20,21). The monoisotopic (exact) mass is 347 g/mol. The smallest absolute Gasteiger partial charge is 0.145 e. The molecule has 5 nitrogen and oxygen atoms in total. The molecule has 21 heavy (non-hydrogen) atoms. The number of hydrogen-bond donors (Lipinski definition) is 3. The number of halogens is 1. The van der Waals surface area contributed by atoms with Crippen LogP contribution in [0, 0.1) is 0 Å². The first kappa shape index (κ1) is 14.3. The van der Waals surface area contributed by atoms with Crippen LogP contribution in [0.25, 0.3) is 0 Å². The van der Waals surface area contributed by atoms with Gasteiger partial charge in [-0.3, -0.25) is 0 Å². The molecule has 3 rings (SSSR count). The lowest BCUT2D eigenvalue weighted by molar-refractivity contribution is 0.928. The summed E-state index contributed by atoms with van der Waals surface area (Å²) in [5.74, 6) is 8.27. The quantitative estimate of drug-likeness (QED) is 0.567. The molecule has 1 aromatic carbocycles. The third kappa shape index (κ3) is 3.33. The molecule has 1 aliphatic carbocycles. The van der Waals surface area contributed by atoms with Gasteiger partial charge in [-0.05, 0) is 43.0 Å². The summed E-state index contributed by atoms with van der Waals surface area (Å²) in [7, 11) is 0. The number of aryl methyl sites for hydroxylation is 1. The number of hydrazine groups is 1. The molecule has 6 heteroatoms. The highest BCUT2D eigenvalue weighted by molar-refractivity contribution is 9.10. The largest absolute Gasteiger partial charge is 0.340 e. The summed E-state index contributed by atoms with van der Waals surface area (Å²) in [6, 6.07) is 8.02. The van der Waals surface area contributed by atoms with Crippen LogP contribution in [0.3, 0.4) is 0 Å². The molecule has 1 saturated carbocycles. The third-order valence-electron chi connectivity index (χ3n) is 3.54. The SMILES string of the molecule is CCc1cc(Br)ccc1Nc1cc(NN)nc(C2CC2)n1. The number of anilines is 3. The van der Waals surface area contributed by atoms with Crippen molar-refractivity contribution in [2.24, 2.45) is 5.84 Å². The van der Waals surface area contributed by atoms with Gasteiger partial charge >= 0.3 is 0 Å². The van der Waals surface area contributed by atoms with Gasteiger partial charge in [0, 0.05) is 22.1 Å². The second-order valence-corrected chi connectivity index (χ2v) is 6.11. The molecule has 1 heterocycles. The van der Waals surface area contributed by atoms with Crippen molar-refractivity contribution >= 4 is 33.3 Å². The zero-order valence-electron chi connectivity index (χ0n) is 11.9. The molecule has 0 unspecified atom stereocenters. The zero-order chi connectivity index (χ0) is 14.8. The maximum absolute atomic E-state index is 5.50. The van der Waals surface area contributed by atoms with Gasteiger partial charge in [0.05, 0.1) is 0 Å². The van der Waals surface area contributed by atoms with Gasteiger partial charge in [0.15, 0.2) is 0 Å². The molecule has 1 aromatic heterocycles. The van der Waals surface area contributed by atoms with Crippen molar-refractivity contribution in [1.82, 2.24) is 9.97 Å². The van der Waals surface area contributed by atoms with Crippen molar-refractivity contribution < 1.29 is 0 Å². The number of nitrogens with zero attached hydrogens (tertiary/aromatic N) is 2. The summed E-state index contributed by atoms with van der Waals surface area (Å²) in [5, 5.41) is 3.38. The van der Waals surface area contributed by atoms with E-state index in [9.17, 15) is 0 Å². The zero-order valence-corrected chi connectivity index (χ0v) is 13.4. The Hall–Kier alpha value is -1.66. The summed E-state index contributed by atoms with van der Waals surface area (Å²) in [5.41, 5.74) is 4.91. The molecule has 110 valence electrons.